The normalized spacial score (nSPS) is 11.1. The van der Waals surface area contributed by atoms with Crippen LogP contribution in [-0.4, -0.2) is 14.6 Å². The van der Waals surface area contributed by atoms with Gasteiger partial charge in [-0.2, -0.15) is 5.10 Å². The van der Waals surface area contributed by atoms with Gasteiger partial charge in [0.15, 0.2) is 5.65 Å². The number of rotatable bonds is 2. The summed E-state index contributed by atoms with van der Waals surface area (Å²) < 4.78 is 2.93. The molecule has 0 radical (unpaired) electrons. The number of benzene rings is 2. The average molecular weight is 399 g/mol. The van der Waals surface area contributed by atoms with Crippen molar-refractivity contribution < 1.29 is 0 Å². The largest absolute Gasteiger partial charge is 0.234 e. The smallest absolute Gasteiger partial charge is 0.156 e. The van der Waals surface area contributed by atoms with Crippen LogP contribution in [0.2, 0.25) is 5.02 Å². The van der Waals surface area contributed by atoms with Crippen LogP contribution in [0.5, 0.6) is 0 Å². The fourth-order valence-electron chi connectivity index (χ4n) is 2.69. The van der Waals surface area contributed by atoms with Gasteiger partial charge < -0.3 is 0 Å². The van der Waals surface area contributed by atoms with Crippen molar-refractivity contribution in [3.8, 4) is 22.5 Å². The van der Waals surface area contributed by atoms with E-state index in [1.54, 1.807) is 0 Å². The molecule has 0 atom stereocenters. The summed E-state index contributed by atoms with van der Waals surface area (Å²) in [5.74, 6) is 0. The minimum atomic E-state index is 0.719. The maximum absolute atomic E-state index is 6.01. The first-order valence-corrected chi connectivity index (χ1v) is 8.66. The summed E-state index contributed by atoms with van der Waals surface area (Å²) in [5.41, 5.74) is 5.80. The maximum atomic E-state index is 6.01. The van der Waals surface area contributed by atoms with E-state index in [2.05, 4.69) is 20.9 Å². The van der Waals surface area contributed by atoms with Crippen LogP contribution in [0, 0.1) is 6.92 Å². The summed E-state index contributed by atoms with van der Waals surface area (Å²) in [6, 6.07) is 19.9. The number of aromatic nitrogens is 3. The minimum Gasteiger partial charge on any atom is -0.234 e. The number of halogens is 2. The molecule has 0 unspecified atom stereocenters. The van der Waals surface area contributed by atoms with Crippen molar-refractivity contribution in [2.75, 3.05) is 0 Å². The topological polar surface area (TPSA) is 30.2 Å². The van der Waals surface area contributed by atoms with Crippen molar-refractivity contribution in [1.82, 2.24) is 14.6 Å². The molecule has 24 heavy (non-hydrogen) atoms. The summed E-state index contributed by atoms with van der Waals surface area (Å²) in [4.78, 5) is 4.61. The van der Waals surface area contributed by atoms with Crippen LogP contribution in [0.4, 0.5) is 0 Å². The van der Waals surface area contributed by atoms with Crippen LogP contribution >= 0.6 is 27.5 Å². The Kier molecular flexibility index (Phi) is 3.87. The zero-order valence-electron chi connectivity index (χ0n) is 12.9. The van der Waals surface area contributed by atoms with Crippen LogP contribution in [0.3, 0.4) is 0 Å². The van der Waals surface area contributed by atoms with Crippen molar-refractivity contribution in [1.29, 1.82) is 0 Å². The van der Waals surface area contributed by atoms with Gasteiger partial charge in [0.1, 0.15) is 0 Å². The summed E-state index contributed by atoms with van der Waals surface area (Å²) in [6.45, 7) is 1.99. The quantitative estimate of drug-likeness (QED) is 0.428. The van der Waals surface area contributed by atoms with E-state index in [4.69, 9.17) is 16.7 Å². The van der Waals surface area contributed by atoms with Crippen LogP contribution in [0.25, 0.3) is 28.2 Å². The first-order valence-electron chi connectivity index (χ1n) is 7.49. The molecule has 0 aliphatic rings. The zero-order chi connectivity index (χ0) is 16.7. The highest BCUT2D eigenvalue weighted by Crippen LogP contribution is 2.26. The Hall–Kier alpha value is -2.17. The highest BCUT2D eigenvalue weighted by atomic mass is 79.9. The molecular formula is C19H13BrClN3. The maximum Gasteiger partial charge on any atom is 0.156 e. The molecule has 2 aromatic heterocycles. The minimum absolute atomic E-state index is 0.719. The van der Waals surface area contributed by atoms with Gasteiger partial charge in [-0.25, -0.2) is 9.50 Å². The monoisotopic (exact) mass is 397 g/mol. The molecule has 0 aliphatic heterocycles. The Morgan fingerprint density at radius 1 is 0.917 bits per heavy atom. The first kappa shape index (κ1) is 15.4. The van der Waals surface area contributed by atoms with Gasteiger partial charge in [-0.15, -0.1) is 0 Å². The SMILES string of the molecule is Cc1cc(-c2ccc(Cl)cc2)n2nc(-c3ccc(Br)cc3)cc2n1. The zero-order valence-corrected chi connectivity index (χ0v) is 15.2. The Morgan fingerprint density at radius 3 is 2.29 bits per heavy atom. The van der Waals surface area contributed by atoms with E-state index in [1.165, 1.54) is 0 Å². The van der Waals surface area contributed by atoms with Crippen molar-refractivity contribution in [3.05, 3.63) is 75.9 Å². The predicted molar refractivity (Wildman–Crippen MR) is 101 cm³/mol. The average Bonchev–Trinajstić information content (AvgIpc) is 2.99. The van der Waals surface area contributed by atoms with Gasteiger partial charge in [-0.1, -0.05) is 51.8 Å². The summed E-state index contributed by atoms with van der Waals surface area (Å²) >= 11 is 9.47. The van der Waals surface area contributed by atoms with Gasteiger partial charge in [0.25, 0.3) is 0 Å². The molecule has 0 bridgehead atoms. The number of hydrogen-bond acceptors (Lipinski definition) is 2. The third-order valence-corrected chi connectivity index (χ3v) is 4.62. The second kappa shape index (κ2) is 6.04. The summed E-state index contributed by atoms with van der Waals surface area (Å²) in [5, 5.41) is 5.48. The van der Waals surface area contributed by atoms with Crippen LogP contribution in [0.1, 0.15) is 5.69 Å². The highest BCUT2D eigenvalue weighted by Gasteiger charge is 2.11. The molecule has 2 heterocycles. The molecule has 0 spiro atoms. The molecule has 4 aromatic rings. The van der Waals surface area contributed by atoms with Gasteiger partial charge in [0, 0.05) is 32.4 Å². The summed E-state index contributed by atoms with van der Waals surface area (Å²) in [7, 11) is 0. The standard InChI is InChI=1S/C19H13BrClN3/c1-12-10-18(14-4-8-16(21)9-5-14)24-19(22-12)11-17(23-24)13-2-6-15(20)7-3-13/h2-11H,1H3. The highest BCUT2D eigenvalue weighted by molar-refractivity contribution is 9.10. The third kappa shape index (κ3) is 2.83. The number of hydrogen-bond donors (Lipinski definition) is 0. The fraction of sp³-hybridized carbons (Fsp3) is 0.0526. The van der Waals surface area contributed by atoms with Gasteiger partial charge >= 0.3 is 0 Å². The van der Waals surface area contributed by atoms with E-state index in [0.717, 1.165) is 43.4 Å². The molecule has 0 amide bonds. The van der Waals surface area contributed by atoms with E-state index in [1.807, 2.05) is 72.1 Å². The number of aryl methyl sites for hydroxylation is 1. The first-order chi connectivity index (χ1) is 11.6. The second-order valence-corrected chi connectivity index (χ2v) is 6.95. The van der Waals surface area contributed by atoms with E-state index in [0.29, 0.717) is 0 Å². The predicted octanol–water partition coefficient (Wildman–Crippen LogP) is 5.79. The van der Waals surface area contributed by atoms with E-state index in [9.17, 15) is 0 Å². The fourth-order valence-corrected chi connectivity index (χ4v) is 3.08. The lowest BCUT2D eigenvalue weighted by molar-refractivity contribution is 0.942. The Labute approximate surface area is 153 Å². The van der Waals surface area contributed by atoms with Crippen molar-refractivity contribution in [2.45, 2.75) is 6.92 Å². The van der Waals surface area contributed by atoms with E-state index in [-0.39, 0.29) is 0 Å². The molecule has 118 valence electrons. The number of nitrogens with zero attached hydrogens (tertiary/aromatic N) is 3. The third-order valence-electron chi connectivity index (χ3n) is 3.84. The molecular weight excluding hydrogens is 386 g/mol. The molecule has 3 nitrogen and oxygen atoms in total. The van der Waals surface area contributed by atoms with Crippen molar-refractivity contribution in [3.63, 3.8) is 0 Å². The number of fused-ring (bicyclic) bond motifs is 1. The van der Waals surface area contributed by atoms with E-state index < -0.39 is 0 Å². The van der Waals surface area contributed by atoms with Gasteiger partial charge in [-0.05, 0) is 37.3 Å². The van der Waals surface area contributed by atoms with Crippen molar-refractivity contribution in [2.24, 2.45) is 0 Å². The molecule has 0 aliphatic carbocycles. The van der Waals surface area contributed by atoms with Gasteiger partial charge in [0.2, 0.25) is 0 Å². The Bertz CT molecular complexity index is 1020. The lowest BCUT2D eigenvalue weighted by Crippen LogP contribution is -1.98. The van der Waals surface area contributed by atoms with E-state index >= 15 is 0 Å². The lowest BCUT2D eigenvalue weighted by atomic mass is 10.1. The van der Waals surface area contributed by atoms with Crippen LogP contribution in [0.15, 0.2) is 65.1 Å². The molecule has 4 rings (SSSR count). The molecule has 0 saturated heterocycles. The molecule has 2 aromatic carbocycles. The van der Waals surface area contributed by atoms with Crippen LogP contribution < -0.4 is 0 Å². The summed E-state index contributed by atoms with van der Waals surface area (Å²) in [6.07, 6.45) is 0. The lowest BCUT2D eigenvalue weighted by Gasteiger charge is -2.06. The van der Waals surface area contributed by atoms with Gasteiger partial charge in [0.05, 0.1) is 11.4 Å². The Morgan fingerprint density at radius 2 is 1.58 bits per heavy atom. The molecule has 5 heteroatoms. The van der Waals surface area contributed by atoms with Gasteiger partial charge in [-0.3, -0.25) is 0 Å². The van der Waals surface area contributed by atoms with Crippen molar-refractivity contribution >= 4 is 33.2 Å². The molecule has 0 N–H and O–H groups in total. The molecule has 0 saturated carbocycles. The van der Waals surface area contributed by atoms with Crippen LogP contribution in [-0.2, 0) is 0 Å². The Balaban J connectivity index is 1.91. The second-order valence-electron chi connectivity index (χ2n) is 5.60. The molecule has 0 fully saturated rings.